The van der Waals surface area contributed by atoms with Crippen molar-refractivity contribution in [3.63, 3.8) is 0 Å². The fourth-order valence-corrected chi connectivity index (χ4v) is 3.46. The van der Waals surface area contributed by atoms with Gasteiger partial charge in [-0.3, -0.25) is 4.90 Å². The third-order valence-corrected chi connectivity index (χ3v) is 4.78. The lowest BCUT2D eigenvalue weighted by atomic mass is 9.91. The Morgan fingerprint density at radius 1 is 1.31 bits per heavy atom. The van der Waals surface area contributed by atoms with Crippen molar-refractivity contribution >= 4 is 12.0 Å². The normalized spacial score (nSPS) is 21.2. The number of rotatable bonds is 4. The highest BCUT2D eigenvalue weighted by molar-refractivity contribution is 5.95. The van der Waals surface area contributed by atoms with E-state index in [2.05, 4.69) is 15.5 Å². The number of urea groups is 1. The van der Waals surface area contributed by atoms with E-state index >= 15 is 0 Å². The molecule has 1 saturated heterocycles. The average Bonchev–Trinajstić information content (AvgIpc) is 2.61. The molecule has 1 aromatic carbocycles. The first-order valence-electron chi connectivity index (χ1n) is 8.75. The smallest absolute Gasteiger partial charge is 0.338 e. The molecule has 0 aliphatic carbocycles. The molecule has 0 bridgehead atoms. The van der Waals surface area contributed by atoms with Crippen LogP contribution < -0.4 is 10.6 Å². The number of hydrogen-bond acceptors (Lipinski definition) is 5. The van der Waals surface area contributed by atoms with Gasteiger partial charge in [-0.2, -0.15) is 0 Å². The van der Waals surface area contributed by atoms with Crippen LogP contribution in [-0.4, -0.2) is 56.9 Å². The molecule has 3 rings (SSSR count). The number of esters is 1. The number of methoxy groups -OCH3 is 1. The molecule has 0 aromatic heterocycles. The molecule has 7 heteroatoms. The highest BCUT2D eigenvalue weighted by Gasteiger charge is 2.34. The minimum absolute atomic E-state index is 0.314. The van der Waals surface area contributed by atoms with Crippen molar-refractivity contribution in [2.75, 3.05) is 40.0 Å². The Morgan fingerprint density at radius 3 is 2.69 bits per heavy atom. The third kappa shape index (κ3) is 3.89. The molecule has 1 aromatic rings. The van der Waals surface area contributed by atoms with Crippen molar-refractivity contribution in [3.05, 3.63) is 46.2 Å². The molecule has 140 valence electrons. The molecule has 2 amide bonds. The first-order valence-corrected chi connectivity index (χ1v) is 8.75. The maximum atomic E-state index is 12.6. The number of ether oxygens (including phenoxy) is 2. The second-order valence-electron chi connectivity index (χ2n) is 6.66. The van der Waals surface area contributed by atoms with Crippen LogP contribution in [-0.2, 0) is 14.3 Å². The van der Waals surface area contributed by atoms with Crippen LogP contribution in [0.4, 0.5) is 4.79 Å². The second-order valence-corrected chi connectivity index (χ2v) is 6.66. The van der Waals surface area contributed by atoms with Crippen LogP contribution in [0.2, 0.25) is 0 Å². The van der Waals surface area contributed by atoms with Crippen molar-refractivity contribution in [1.82, 2.24) is 15.5 Å². The van der Waals surface area contributed by atoms with Gasteiger partial charge in [-0.05, 0) is 25.0 Å². The van der Waals surface area contributed by atoms with E-state index in [-0.39, 0.29) is 6.03 Å². The number of benzene rings is 1. The topological polar surface area (TPSA) is 79.9 Å². The van der Waals surface area contributed by atoms with Gasteiger partial charge in [-0.15, -0.1) is 0 Å². The number of morpholine rings is 1. The number of carbonyl (C=O) groups is 2. The first-order chi connectivity index (χ1) is 12.5. The van der Waals surface area contributed by atoms with Gasteiger partial charge in [0, 0.05) is 25.3 Å². The molecule has 1 atom stereocenters. The fraction of sp³-hybridized carbons (Fsp3) is 0.474. The van der Waals surface area contributed by atoms with E-state index in [4.69, 9.17) is 9.47 Å². The number of nitrogens with zero attached hydrogens (tertiary/aromatic N) is 1. The van der Waals surface area contributed by atoms with E-state index in [1.165, 1.54) is 7.11 Å². The summed E-state index contributed by atoms with van der Waals surface area (Å²) in [4.78, 5) is 27.0. The minimum atomic E-state index is -0.534. The Kier molecular flexibility index (Phi) is 5.58. The van der Waals surface area contributed by atoms with Gasteiger partial charge >= 0.3 is 12.0 Å². The van der Waals surface area contributed by atoms with Crippen molar-refractivity contribution in [3.8, 4) is 0 Å². The standard InChI is InChI=1S/C19H25N3O4/c1-12-4-5-14(13(2)10-12)17-16(18(23)25-3)15(20-19(24)21-17)11-22-6-8-26-9-7-22/h4-5,10,17H,6-9,11H2,1-3H3,(H2,20,21,24)/t17-/m0/s1. The lowest BCUT2D eigenvalue weighted by Gasteiger charge is -2.33. The zero-order valence-corrected chi connectivity index (χ0v) is 15.4. The molecule has 0 spiro atoms. The number of aryl methyl sites for hydroxylation is 2. The predicted octanol–water partition coefficient (Wildman–Crippen LogP) is 1.42. The molecule has 0 unspecified atom stereocenters. The third-order valence-electron chi connectivity index (χ3n) is 4.78. The number of hydrogen-bond donors (Lipinski definition) is 2. The van der Waals surface area contributed by atoms with Crippen LogP contribution in [0.3, 0.4) is 0 Å². The molecule has 26 heavy (non-hydrogen) atoms. The lowest BCUT2D eigenvalue weighted by Crippen LogP contribution is -2.49. The molecular formula is C19H25N3O4. The SMILES string of the molecule is COC(=O)C1=C(CN2CCOCC2)NC(=O)N[C@H]1c1ccc(C)cc1C. The largest absolute Gasteiger partial charge is 0.466 e. The van der Waals surface area contributed by atoms with Gasteiger partial charge in [-0.25, -0.2) is 9.59 Å². The zero-order valence-electron chi connectivity index (χ0n) is 15.4. The molecule has 2 aliphatic heterocycles. The van der Waals surface area contributed by atoms with Crippen molar-refractivity contribution in [1.29, 1.82) is 0 Å². The van der Waals surface area contributed by atoms with E-state index in [0.717, 1.165) is 29.8 Å². The summed E-state index contributed by atoms with van der Waals surface area (Å²) in [5, 5.41) is 5.68. The molecule has 2 N–H and O–H groups in total. The Bertz CT molecular complexity index is 738. The molecule has 0 radical (unpaired) electrons. The van der Waals surface area contributed by atoms with E-state index in [1.54, 1.807) is 0 Å². The van der Waals surface area contributed by atoms with E-state index in [0.29, 0.717) is 31.0 Å². The molecule has 7 nitrogen and oxygen atoms in total. The van der Waals surface area contributed by atoms with Gasteiger partial charge in [0.1, 0.15) is 0 Å². The Hall–Kier alpha value is -2.38. The summed E-state index contributed by atoms with van der Waals surface area (Å²) >= 11 is 0. The summed E-state index contributed by atoms with van der Waals surface area (Å²) in [5.41, 5.74) is 4.08. The van der Waals surface area contributed by atoms with Gasteiger partial charge in [0.15, 0.2) is 0 Å². The lowest BCUT2D eigenvalue weighted by molar-refractivity contribution is -0.136. The highest BCUT2D eigenvalue weighted by atomic mass is 16.5. The van der Waals surface area contributed by atoms with Crippen LogP contribution in [0.15, 0.2) is 29.5 Å². The van der Waals surface area contributed by atoms with Crippen LogP contribution >= 0.6 is 0 Å². The Morgan fingerprint density at radius 2 is 2.04 bits per heavy atom. The summed E-state index contributed by atoms with van der Waals surface area (Å²) in [7, 11) is 1.36. The predicted molar refractivity (Wildman–Crippen MR) is 96.6 cm³/mol. The fourth-order valence-electron chi connectivity index (χ4n) is 3.46. The molecular weight excluding hydrogens is 334 g/mol. The molecule has 1 fully saturated rings. The van der Waals surface area contributed by atoms with Gasteiger partial charge in [0.05, 0.1) is 31.9 Å². The van der Waals surface area contributed by atoms with E-state index in [9.17, 15) is 9.59 Å². The maximum Gasteiger partial charge on any atom is 0.338 e. The summed E-state index contributed by atoms with van der Waals surface area (Å²) < 4.78 is 10.4. The second kappa shape index (κ2) is 7.88. The highest BCUT2D eigenvalue weighted by Crippen LogP contribution is 2.30. The number of carbonyl (C=O) groups excluding carboxylic acids is 2. The van der Waals surface area contributed by atoms with Gasteiger partial charge in [0.25, 0.3) is 0 Å². The summed E-state index contributed by atoms with van der Waals surface area (Å²) in [6.45, 7) is 7.28. The van der Waals surface area contributed by atoms with Gasteiger partial charge in [0.2, 0.25) is 0 Å². The minimum Gasteiger partial charge on any atom is -0.466 e. The van der Waals surface area contributed by atoms with Crippen LogP contribution in [0.5, 0.6) is 0 Å². The van der Waals surface area contributed by atoms with Crippen molar-refractivity contribution in [2.24, 2.45) is 0 Å². The van der Waals surface area contributed by atoms with Crippen LogP contribution in [0, 0.1) is 13.8 Å². The summed E-state index contributed by atoms with van der Waals surface area (Å²) in [6.07, 6.45) is 0. The monoisotopic (exact) mass is 359 g/mol. The summed E-state index contributed by atoms with van der Waals surface area (Å²) in [6, 6.07) is 5.13. The van der Waals surface area contributed by atoms with Gasteiger partial charge in [-0.1, -0.05) is 23.8 Å². The summed E-state index contributed by atoms with van der Waals surface area (Å²) in [5.74, 6) is -0.439. The number of nitrogens with one attached hydrogen (secondary N) is 2. The molecule has 0 saturated carbocycles. The van der Waals surface area contributed by atoms with Crippen molar-refractivity contribution < 1.29 is 19.1 Å². The first kappa shape index (κ1) is 18.4. The van der Waals surface area contributed by atoms with Gasteiger partial charge < -0.3 is 20.1 Å². The zero-order chi connectivity index (χ0) is 18.7. The average molecular weight is 359 g/mol. The molecule has 2 heterocycles. The quantitative estimate of drug-likeness (QED) is 0.795. The van der Waals surface area contributed by atoms with E-state index in [1.807, 2.05) is 32.0 Å². The van der Waals surface area contributed by atoms with Crippen LogP contribution in [0.1, 0.15) is 22.7 Å². The Labute approximate surface area is 153 Å². The number of amides is 2. The van der Waals surface area contributed by atoms with Crippen LogP contribution in [0.25, 0.3) is 0 Å². The Balaban J connectivity index is 2.01. The molecule has 2 aliphatic rings. The van der Waals surface area contributed by atoms with E-state index < -0.39 is 12.0 Å². The van der Waals surface area contributed by atoms with Crippen molar-refractivity contribution in [2.45, 2.75) is 19.9 Å². The maximum absolute atomic E-state index is 12.6.